The fourth-order valence-electron chi connectivity index (χ4n) is 0.663. The van der Waals surface area contributed by atoms with E-state index in [0.717, 1.165) is 0 Å². The van der Waals surface area contributed by atoms with Crippen LogP contribution in [0.2, 0.25) is 0 Å². The Morgan fingerprint density at radius 3 is 2.31 bits per heavy atom. The van der Waals surface area contributed by atoms with Crippen LogP contribution in [0.15, 0.2) is 11.5 Å². The van der Waals surface area contributed by atoms with E-state index in [-0.39, 0.29) is 5.95 Å². The lowest BCUT2D eigenvalue weighted by molar-refractivity contribution is -0.115. The summed E-state index contributed by atoms with van der Waals surface area (Å²) >= 11 is 0. The molecule has 0 unspecified atom stereocenters. The fourth-order valence-corrected chi connectivity index (χ4v) is 0.663. The van der Waals surface area contributed by atoms with Crippen LogP contribution in [0, 0.1) is 5.92 Å². The van der Waals surface area contributed by atoms with Crippen molar-refractivity contribution in [2.75, 3.05) is 13.7 Å². The summed E-state index contributed by atoms with van der Waals surface area (Å²) in [6.07, 6.45) is 0. The molecule has 4 nitrogen and oxygen atoms in total. The predicted molar refractivity (Wildman–Crippen MR) is 49.7 cm³/mol. The summed E-state index contributed by atoms with van der Waals surface area (Å²) in [5, 5.41) is 0. The van der Waals surface area contributed by atoms with Gasteiger partial charge in [0.1, 0.15) is 0 Å². The molecular weight excluding hydrogens is 170 g/mol. The van der Waals surface area contributed by atoms with Gasteiger partial charge in [-0.1, -0.05) is 13.8 Å². The Morgan fingerprint density at radius 1 is 1.46 bits per heavy atom. The van der Waals surface area contributed by atoms with Gasteiger partial charge in [-0.15, -0.1) is 0 Å². The summed E-state index contributed by atoms with van der Waals surface area (Å²) in [4.78, 5) is 10.7. The monoisotopic (exact) mass is 187 g/mol. The van der Waals surface area contributed by atoms with E-state index in [4.69, 9.17) is 15.2 Å². The highest BCUT2D eigenvalue weighted by molar-refractivity contribution is 5.91. The zero-order chi connectivity index (χ0) is 10.4. The summed E-state index contributed by atoms with van der Waals surface area (Å²) in [5.74, 6) is 0.0626. The number of primary amides is 1. The van der Waals surface area contributed by atoms with Crippen molar-refractivity contribution in [2.24, 2.45) is 11.7 Å². The number of nitrogens with two attached hydrogens (primary N) is 1. The molecule has 0 aromatic heterocycles. The topological polar surface area (TPSA) is 61.6 Å². The van der Waals surface area contributed by atoms with Crippen molar-refractivity contribution in [1.82, 2.24) is 0 Å². The fraction of sp³-hybridized carbons (Fsp3) is 0.667. The second kappa shape index (κ2) is 5.45. The highest BCUT2D eigenvalue weighted by atomic mass is 16.7. The first-order chi connectivity index (χ1) is 5.99. The Bertz CT molecular complexity index is 209. The Morgan fingerprint density at radius 2 is 2.00 bits per heavy atom. The maximum Gasteiger partial charge on any atom is 0.287 e. The molecule has 76 valence electrons. The molecule has 0 atom stereocenters. The molecule has 1 amide bonds. The highest BCUT2D eigenvalue weighted by Gasteiger charge is 2.09. The molecule has 0 heterocycles. The van der Waals surface area contributed by atoms with Crippen molar-refractivity contribution in [2.45, 2.75) is 20.8 Å². The van der Waals surface area contributed by atoms with E-state index in [0.29, 0.717) is 18.1 Å². The van der Waals surface area contributed by atoms with Crippen LogP contribution in [-0.4, -0.2) is 19.6 Å². The Labute approximate surface area is 78.7 Å². The average molecular weight is 187 g/mol. The molecule has 0 radical (unpaired) electrons. The van der Waals surface area contributed by atoms with Gasteiger partial charge < -0.3 is 15.2 Å². The molecular formula is C9H17NO3. The minimum Gasteiger partial charge on any atom is -0.468 e. The zero-order valence-corrected chi connectivity index (χ0v) is 8.59. The van der Waals surface area contributed by atoms with Crippen molar-refractivity contribution in [3.63, 3.8) is 0 Å². The van der Waals surface area contributed by atoms with E-state index < -0.39 is 5.91 Å². The molecule has 2 N–H and O–H groups in total. The lowest BCUT2D eigenvalue weighted by Gasteiger charge is -2.12. The smallest absolute Gasteiger partial charge is 0.287 e. The average Bonchev–Trinajstić information content (AvgIpc) is 2.04. The molecule has 0 aromatic carbocycles. The van der Waals surface area contributed by atoms with Gasteiger partial charge in [0.15, 0.2) is 0 Å². The van der Waals surface area contributed by atoms with E-state index in [1.165, 1.54) is 7.11 Å². The van der Waals surface area contributed by atoms with E-state index in [1.54, 1.807) is 6.92 Å². The number of ether oxygens (including phenoxy) is 2. The molecule has 0 aliphatic carbocycles. The van der Waals surface area contributed by atoms with Crippen LogP contribution in [0.1, 0.15) is 20.8 Å². The van der Waals surface area contributed by atoms with Crippen molar-refractivity contribution in [3.05, 3.63) is 11.5 Å². The number of methoxy groups -OCH3 is 1. The van der Waals surface area contributed by atoms with E-state index in [2.05, 4.69) is 0 Å². The quantitative estimate of drug-likeness (QED) is 0.516. The van der Waals surface area contributed by atoms with Crippen LogP contribution in [0.5, 0.6) is 0 Å². The zero-order valence-electron chi connectivity index (χ0n) is 8.59. The second-order valence-corrected chi connectivity index (χ2v) is 3.19. The van der Waals surface area contributed by atoms with E-state index in [9.17, 15) is 4.79 Å². The largest absolute Gasteiger partial charge is 0.468 e. The van der Waals surface area contributed by atoms with Gasteiger partial charge in [0.25, 0.3) is 11.9 Å². The molecule has 0 fully saturated rings. The first kappa shape index (κ1) is 11.8. The van der Waals surface area contributed by atoms with Crippen LogP contribution in [0.4, 0.5) is 0 Å². The van der Waals surface area contributed by atoms with Crippen molar-refractivity contribution >= 4 is 5.91 Å². The summed E-state index contributed by atoms with van der Waals surface area (Å²) in [5.41, 5.74) is 5.37. The Hall–Kier alpha value is -1.19. The molecule has 0 saturated carbocycles. The maximum absolute atomic E-state index is 10.7. The van der Waals surface area contributed by atoms with Crippen molar-refractivity contribution in [1.29, 1.82) is 0 Å². The molecule has 0 aliphatic heterocycles. The van der Waals surface area contributed by atoms with Crippen LogP contribution in [0.3, 0.4) is 0 Å². The van der Waals surface area contributed by atoms with Crippen molar-refractivity contribution in [3.8, 4) is 0 Å². The molecule has 0 spiro atoms. The van der Waals surface area contributed by atoms with Crippen LogP contribution >= 0.6 is 0 Å². The lowest BCUT2D eigenvalue weighted by atomic mass is 10.2. The number of amides is 1. The number of hydrogen-bond donors (Lipinski definition) is 1. The molecule has 0 saturated heterocycles. The number of hydrogen-bond acceptors (Lipinski definition) is 3. The van der Waals surface area contributed by atoms with Gasteiger partial charge in [-0.3, -0.25) is 4.79 Å². The number of rotatable bonds is 5. The van der Waals surface area contributed by atoms with E-state index in [1.807, 2.05) is 13.8 Å². The summed E-state index contributed by atoms with van der Waals surface area (Å²) in [6, 6.07) is 0. The van der Waals surface area contributed by atoms with Gasteiger partial charge in [0.05, 0.1) is 19.3 Å². The number of carbonyl (C=O) groups is 1. The minimum atomic E-state index is -0.527. The van der Waals surface area contributed by atoms with Gasteiger partial charge in [-0.2, -0.15) is 0 Å². The third kappa shape index (κ3) is 4.40. The summed E-state index contributed by atoms with van der Waals surface area (Å²) < 4.78 is 10.1. The normalized spacial score (nSPS) is 12.4. The summed E-state index contributed by atoms with van der Waals surface area (Å²) in [6.45, 7) is 6.09. The Balaban J connectivity index is 4.32. The van der Waals surface area contributed by atoms with Crippen LogP contribution in [0.25, 0.3) is 0 Å². The van der Waals surface area contributed by atoms with Gasteiger partial charge in [0.2, 0.25) is 0 Å². The second-order valence-electron chi connectivity index (χ2n) is 3.19. The van der Waals surface area contributed by atoms with Crippen molar-refractivity contribution < 1.29 is 14.3 Å². The predicted octanol–water partition coefficient (Wildman–Crippen LogP) is 1.02. The third-order valence-electron chi connectivity index (χ3n) is 1.41. The number of carbonyl (C=O) groups excluding carboxylic acids is 1. The van der Waals surface area contributed by atoms with Gasteiger partial charge in [0, 0.05) is 0 Å². The molecule has 0 bridgehead atoms. The summed E-state index contributed by atoms with van der Waals surface area (Å²) in [7, 11) is 1.45. The molecule has 0 rings (SSSR count). The lowest BCUT2D eigenvalue weighted by Crippen LogP contribution is -2.16. The Kier molecular flexibility index (Phi) is 4.96. The van der Waals surface area contributed by atoms with Gasteiger partial charge >= 0.3 is 0 Å². The minimum absolute atomic E-state index is 0.209. The molecule has 0 aromatic rings. The molecule has 0 aliphatic rings. The SMILES string of the molecule is COC(OCC(C)C)=C(C)C(N)=O. The van der Waals surface area contributed by atoms with E-state index >= 15 is 0 Å². The van der Waals surface area contributed by atoms with Gasteiger partial charge in [-0.05, 0) is 12.8 Å². The van der Waals surface area contributed by atoms with Gasteiger partial charge in [-0.25, -0.2) is 0 Å². The first-order valence-electron chi connectivity index (χ1n) is 4.16. The standard InChI is InChI=1S/C9H17NO3/c1-6(2)5-13-9(12-4)7(3)8(10)11/h6H,5H2,1-4H3,(H2,10,11). The van der Waals surface area contributed by atoms with Crippen LogP contribution in [-0.2, 0) is 14.3 Å². The molecule has 13 heavy (non-hydrogen) atoms. The highest BCUT2D eigenvalue weighted by Crippen LogP contribution is 2.08. The maximum atomic E-state index is 10.7. The van der Waals surface area contributed by atoms with Crippen LogP contribution < -0.4 is 5.73 Å². The molecule has 4 heteroatoms. The first-order valence-corrected chi connectivity index (χ1v) is 4.16. The third-order valence-corrected chi connectivity index (χ3v) is 1.41.